The highest BCUT2D eigenvalue weighted by molar-refractivity contribution is 5.85. The van der Waals surface area contributed by atoms with Gasteiger partial charge in [-0.3, -0.25) is 0 Å². The Labute approximate surface area is 84.5 Å². The van der Waals surface area contributed by atoms with E-state index in [1.807, 2.05) is 4.90 Å². The van der Waals surface area contributed by atoms with Crippen molar-refractivity contribution in [2.75, 3.05) is 26.2 Å². The molecule has 4 nitrogen and oxygen atoms in total. The van der Waals surface area contributed by atoms with E-state index in [9.17, 15) is 4.79 Å². The molecular weight excluding hydrogens is 190 g/mol. The molecule has 2 fully saturated rings. The number of rotatable bonds is 2. The number of nitrogens with one attached hydrogen (secondary N) is 2. The molecule has 0 aromatic carbocycles. The van der Waals surface area contributed by atoms with Gasteiger partial charge in [0.15, 0.2) is 0 Å². The summed E-state index contributed by atoms with van der Waals surface area (Å²) in [5.74, 6) is 0. The number of urea groups is 1. The van der Waals surface area contributed by atoms with Gasteiger partial charge < -0.3 is 15.5 Å². The lowest BCUT2D eigenvalue weighted by molar-refractivity contribution is 0.213. The summed E-state index contributed by atoms with van der Waals surface area (Å²) in [5.41, 5.74) is 0. The van der Waals surface area contributed by atoms with Gasteiger partial charge >= 0.3 is 6.03 Å². The first kappa shape index (κ1) is 10.6. The number of carbonyl (C=O) groups is 1. The van der Waals surface area contributed by atoms with E-state index in [1.165, 1.54) is 12.8 Å². The summed E-state index contributed by atoms with van der Waals surface area (Å²) >= 11 is 0. The summed E-state index contributed by atoms with van der Waals surface area (Å²) in [6.07, 6.45) is 2.46. The maximum atomic E-state index is 11.1. The van der Waals surface area contributed by atoms with Crippen LogP contribution in [0.3, 0.4) is 0 Å². The van der Waals surface area contributed by atoms with E-state index in [2.05, 4.69) is 10.6 Å². The van der Waals surface area contributed by atoms with Gasteiger partial charge in [-0.1, -0.05) is 0 Å². The second-order valence-corrected chi connectivity index (χ2v) is 3.47. The highest BCUT2D eigenvalue weighted by atomic mass is 35.5. The Bertz CT molecular complexity index is 182. The normalized spacial score (nSPS) is 27.2. The van der Waals surface area contributed by atoms with Gasteiger partial charge in [0, 0.05) is 25.7 Å². The summed E-state index contributed by atoms with van der Waals surface area (Å²) in [6.45, 7) is 3.68. The van der Waals surface area contributed by atoms with E-state index in [0.29, 0.717) is 6.04 Å². The SMILES string of the molecule is Cl.O=C1NCCN1CC1CCCN1. The van der Waals surface area contributed by atoms with Crippen LogP contribution in [-0.4, -0.2) is 43.2 Å². The molecule has 5 heteroatoms. The van der Waals surface area contributed by atoms with Crippen LogP contribution in [0, 0.1) is 0 Å². The highest BCUT2D eigenvalue weighted by Gasteiger charge is 2.24. The van der Waals surface area contributed by atoms with Gasteiger partial charge in [0.1, 0.15) is 0 Å². The molecule has 13 heavy (non-hydrogen) atoms. The fourth-order valence-electron chi connectivity index (χ4n) is 1.86. The molecule has 2 N–H and O–H groups in total. The van der Waals surface area contributed by atoms with Gasteiger partial charge in [-0.15, -0.1) is 12.4 Å². The minimum absolute atomic E-state index is 0. The molecule has 1 atom stereocenters. The van der Waals surface area contributed by atoms with Crippen molar-refractivity contribution in [1.29, 1.82) is 0 Å². The van der Waals surface area contributed by atoms with E-state index in [-0.39, 0.29) is 18.4 Å². The summed E-state index contributed by atoms with van der Waals surface area (Å²) in [6, 6.07) is 0.637. The molecular formula is C8H16ClN3O. The van der Waals surface area contributed by atoms with Crippen molar-refractivity contribution in [1.82, 2.24) is 15.5 Å². The molecule has 2 aliphatic heterocycles. The van der Waals surface area contributed by atoms with Crippen molar-refractivity contribution >= 4 is 18.4 Å². The lowest BCUT2D eigenvalue weighted by atomic mass is 10.2. The second kappa shape index (κ2) is 4.67. The van der Waals surface area contributed by atoms with Crippen molar-refractivity contribution in [3.8, 4) is 0 Å². The monoisotopic (exact) mass is 205 g/mol. The first-order valence-electron chi connectivity index (χ1n) is 4.62. The molecule has 2 heterocycles. The number of halogens is 1. The Morgan fingerprint density at radius 3 is 2.85 bits per heavy atom. The lowest BCUT2D eigenvalue weighted by Crippen LogP contribution is -2.39. The Hall–Kier alpha value is -0.480. The van der Waals surface area contributed by atoms with Crippen LogP contribution in [0.4, 0.5) is 4.79 Å². The summed E-state index contributed by atoms with van der Waals surface area (Å²) in [5, 5.41) is 6.19. The molecule has 76 valence electrons. The molecule has 0 aliphatic carbocycles. The van der Waals surface area contributed by atoms with Crippen molar-refractivity contribution < 1.29 is 4.79 Å². The Morgan fingerprint density at radius 2 is 2.31 bits per heavy atom. The maximum absolute atomic E-state index is 11.1. The average Bonchev–Trinajstić information content (AvgIpc) is 2.65. The van der Waals surface area contributed by atoms with Gasteiger partial charge in [-0.2, -0.15) is 0 Å². The molecule has 0 saturated carbocycles. The van der Waals surface area contributed by atoms with Crippen molar-refractivity contribution in [2.24, 2.45) is 0 Å². The number of amides is 2. The lowest BCUT2D eigenvalue weighted by Gasteiger charge is -2.18. The first-order valence-corrected chi connectivity index (χ1v) is 4.62. The third-order valence-electron chi connectivity index (χ3n) is 2.55. The molecule has 0 spiro atoms. The van der Waals surface area contributed by atoms with Crippen LogP contribution < -0.4 is 10.6 Å². The highest BCUT2D eigenvalue weighted by Crippen LogP contribution is 2.08. The van der Waals surface area contributed by atoms with Crippen molar-refractivity contribution in [2.45, 2.75) is 18.9 Å². The van der Waals surface area contributed by atoms with Crippen LogP contribution in [0.15, 0.2) is 0 Å². The number of carbonyl (C=O) groups excluding carboxylic acids is 1. The first-order chi connectivity index (χ1) is 5.86. The number of hydrogen-bond donors (Lipinski definition) is 2. The van der Waals surface area contributed by atoms with Crippen molar-refractivity contribution in [3.05, 3.63) is 0 Å². The Kier molecular flexibility index (Phi) is 3.81. The van der Waals surface area contributed by atoms with Gasteiger partial charge in [0.2, 0.25) is 0 Å². The Morgan fingerprint density at radius 1 is 1.46 bits per heavy atom. The average molecular weight is 206 g/mol. The number of hydrogen-bond acceptors (Lipinski definition) is 2. The fourth-order valence-corrected chi connectivity index (χ4v) is 1.86. The minimum atomic E-state index is 0. The molecule has 0 bridgehead atoms. The molecule has 0 aromatic rings. The molecule has 2 saturated heterocycles. The maximum Gasteiger partial charge on any atom is 0.317 e. The smallest absolute Gasteiger partial charge is 0.317 e. The summed E-state index contributed by atoms with van der Waals surface area (Å²) in [7, 11) is 0. The largest absolute Gasteiger partial charge is 0.336 e. The number of nitrogens with zero attached hydrogens (tertiary/aromatic N) is 1. The third kappa shape index (κ3) is 2.48. The van der Waals surface area contributed by atoms with E-state index in [4.69, 9.17) is 0 Å². The van der Waals surface area contributed by atoms with Crippen LogP contribution in [0.5, 0.6) is 0 Å². The molecule has 0 radical (unpaired) electrons. The standard InChI is InChI=1S/C8H15N3O.ClH/c12-8-10-4-5-11(8)6-7-2-1-3-9-7;/h7,9H,1-6H2,(H,10,12);1H. The fraction of sp³-hybridized carbons (Fsp3) is 0.875. The van der Waals surface area contributed by atoms with Gasteiger partial charge in [0.05, 0.1) is 0 Å². The van der Waals surface area contributed by atoms with Crippen LogP contribution in [0.2, 0.25) is 0 Å². The predicted octanol–water partition coefficient (Wildman–Crippen LogP) is 0.185. The molecule has 0 aromatic heterocycles. The minimum Gasteiger partial charge on any atom is -0.336 e. The zero-order valence-corrected chi connectivity index (χ0v) is 8.40. The second-order valence-electron chi connectivity index (χ2n) is 3.47. The summed E-state index contributed by atoms with van der Waals surface area (Å²) in [4.78, 5) is 13.0. The van der Waals surface area contributed by atoms with Gasteiger partial charge in [0.25, 0.3) is 0 Å². The summed E-state index contributed by atoms with van der Waals surface area (Å²) < 4.78 is 0. The van der Waals surface area contributed by atoms with Crippen LogP contribution in [-0.2, 0) is 0 Å². The van der Waals surface area contributed by atoms with E-state index >= 15 is 0 Å². The van der Waals surface area contributed by atoms with Crippen LogP contribution in [0.1, 0.15) is 12.8 Å². The molecule has 2 aliphatic rings. The molecule has 2 amide bonds. The molecule has 1 unspecified atom stereocenters. The zero-order valence-electron chi connectivity index (χ0n) is 7.58. The zero-order chi connectivity index (χ0) is 8.39. The van der Waals surface area contributed by atoms with Crippen molar-refractivity contribution in [3.63, 3.8) is 0 Å². The predicted molar refractivity (Wildman–Crippen MR) is 53.2 cm³/mol. The van der Waals surface area contributed by atoms with Crippen LogP contribution >= 0.6 is 12.4 Å². The Balaban J connectivity index is 0.000000845. The quantitative estimate of drug-likeness (QED) is 0.676. The van der Waals surface area contributed by atoms with E-state index < -0.39 is 0 Å². The van der Waals surface area contributed by atoms with Gasteiger partial charge in [-0.25, -0.2) is 4.79 Å². The topological polar surface area (TPSA) is 44.4 Å². The third-order valence-corrected chi connectivity index (χ3v) is 2.55. The van der Waals surface area contributed by atoms with E-state index in [1.54, 1.807) is 0 Å². The van der Waals surface area contributed by atoms with E-state index in [0.717, 1.165) is 26.2 Å². The van der Waals surface area contributed by atoms with Gasteiger partial charge in [-0.05, 0) is 19.4 Å². The van der Waals surface area contributed by atoms with Crippen LogP contribution in [0.25, 0.3) is 0 Å². The molecule has 2 rings (SSSR count).